The molecule has 16 heavy (non-hydrogen) atoms. The highest BCUT2D eigenvalue weighted by Gasteiger charge is 2.01. The van der Waals surface area contributed by atoms with Gasteiger partial charge in [0.2, 0.25) is 0 Å². The Labute approximate surface area is 96.1 Å². The second-order valence-electron chi connectivity index (χ2n) is 3.69. The molecule has 1 aromatic rings. The van der Waals surface area contributed by atoms with Crippen molar-refractivity contribution < 1.29 is 0 Å². The third-order valence-electron chi connectivity index (χ3n) is 2.30. The van der Waals surface area contributed by atoms with Gasteiger partial charge < -0.3 is 4.90 Å². The highest BCUT2D eigenvalue weighted by Crippen LogP contribution is 2.19. The number of hydrogen-bond acceptors (Lipinski definition) is 2. The fraction of sp³-hybridized carbons (Fsp3) is 0.231. The largest absolute Gasteiger partial charge is 0.378 e. The maximum atomic E-state index is 8.68. The van der Waals surface area contributed by atoms with E-state index in [0.717, 1.165) is 16.8 Å². The predicted molar refractivity (Wildman–Crippen MR) is 65.7 cm³/mol. The van der Waals surface area contributed by atoms with Crippen LogP contribution >= 0.6 is 0 Å². The summed E-state index contributed by atoms with van der Waals surface area (Å²) in [6, 6.07) is 7.79. The van der Waals surface area contributed by atoms with E-state index in [4.69, 9.17) is 11.8 Å². The van der Waals surface area contributed by atoms with E-state index in [-0.39, 0.29) is 5.70 Å². The molecule has 0 fully saturated rings. The third-order valence-corrected chi connectivity index (χ3v) is 2.30. The number of aryl methyl sites for hydroxylation is 1. The highest BCUT2D eigenvalue weighted by molar-refractivity contribution is 5.64. The molecule has 0 aromatic heterocycles. The molecule has 3 heteroatoms. The SMILES string of the molecule is [C-]#[N+]/C(C#N)=C/c1ccc(N(C)C)cc1C. The van der Waals surface area contributed by atoms with Gasteiger partial charge >= 0.3 is 0 Å². The first-order valence-corrected chi connectivity index (χ1v) is 4.85. The summed E-state index contributed by atoms with van der Waals surface area (Å²) < 4.78 is 0. The average molecular weight is 211 g/mol. The quantitative estimate of drug-likeness (QED) is 0.556. The number of allylic oxidation sites excluding steroid dienone is 1. The van der Waals surface area contributed by atoms with Gasteiger partial charge in [-0.25, -0.2) is 10.1 Å². The molecule has 80 valence electrons. The number of anilines is 1. The van der Waals surface area contributed by atoms with Crippen LogP contribution in [0.15, 0.2) is 23.9 Å². The summed E-state index contributed by atoms with van der Waals surface area (Å²) in [7, 11) is 3.95. The molecule has 0 amide bonds. The Morgan fingerprint density at radius 3 is 2.62 bits per heavy atom. The topological polar surface area (TPSA) is 31.4 Å². The van der Waals surface area contributed by atoms with Crippen LogP contribution in [0, 0.1) is 24.8 Å². The van der Waals surface area contributed by atoms with Crippen molar-refractivity contribution in [1.29, 1.82) is 5.26 Å². The summed E-state index contributed by atoms with van der Waals surface area (Å²) in [6.45, 7) is 8.79. The minimum atomic E-state index is 0.112. The molecule has 0 aliphatic rings. The second-order valence-corrected chi connectivity index (χ2v) is 3.69. The van der Waals surface area contributed by atoms with Crippen molar-refractivity contribution in [1.82, 2.24) is 0 Å². The first-order chi connectivity index (χ1) is 7.58. The number of rotatable bonds is 2. The zero-order valence-electron chi connectivity index (χ0n) is 9.65. The van der Waals surface area contributed by atoms with Gasteiger partial charge in [0, 0.05) is 19.8 Å². The van der Waals surface area contributed by atoms with E-state index < -0.39 is 0 Å². The Balaban J connectivity index is 3.16. The summed E-state index contributed by atoms with van der Waals surface area (Å²) in [5.41, 5.74) is 3.19. The number of nitrogens with zero attached hydrogens (tertiary/aromatic N) is 3. The Bertz CT molecular complexity index is 483. The average Bonchev–Trinajstić information content (AvgIpc) is 2.27. The van der Waals surface area contributed by atoms with Gasteiger partial charge in [0.1, 0.15) is 0 Å². The predicted octanol–water partition coefficient (Wildman–Crippen LogP) is 2.84. The molecular formula is C13H13N3. The summed E-state index contributed by atoms with van der Waals surface area (Å²) in [4.78, 5) is 5.15. The van der Waals surface area contributed by atoms with E-state index in [1.807, 2.05) is 50.2 Å². The Hall–Kier alpha value is -2.26. The van der Waals surface area contributed by atoms with Crippen LogP contribution in [0.1, 0.15) is 11.1 Å². The molecule has 0 aliphatic heterocycles. The Morgan fingerprint density at radius 1 is 1.50 bits per heavy atom. The number of hydrogen-bond donors (Lipinski definition) is 0. The molecule has 0 saturated carbocycles. The van der Waals surface area contributed by atoms with Gasteiger partial charge in [0.25, 0.3) is 5.70 Å². The van der Waals surface area contributed by atoms with Gasteiger partial charge in [-0.1, -0.05) is 6.07 Å². The molecular weight excluding hydrogens is 198 g/mol. The van der Waals surface area contributed by atoms with Crippen LogP contribution in [-0.2, 0) is 0 Å². The molecule has 0 unspecified atom stereocenters. The normalized spacial score (nSPS) is 10.4. The van der Waals surface area contributed by atoms with Crippen molar-refractivity contribution >= 4 is 11.8 Å². The molecule has 0 radical (unpaired) electrons. The summed E-state index contributed by atoms with van der Waals surface area (Å²) in [6.07, 6.45) is 1.61. The molecule has 0 bridgehead atoms. The van der Waals surface area contributed by atoms with Crippen molar-refractivity contribution in [3.05, 3.63) is 46.4 Å². The number of benzene rings is 1. The highest BCUT2D eigenvalue weighted by atomic mass is 15.1. The minimum Gasteiger partial charge on any atom is -0.378 e. The lowest BCUT2D eigenvalue weighted by Gasteiger charge is -2.13. The Morgan fingerprint density at radius 2 is 2.19 bits per heavy atom. The van der Waals surface area contributed by atoms with Gasteiger partial charge in [0.05, 0.1) is 12.6 Å². The zero-order valence-corrected chi connectivity index (χ0v) is 9.65. The Kier molecular flexibility index (Phi) is 3.69. The van der Waals surface area contributed by atoms with E-state index in [2.05, 4.69) is 4.85 Å². The summed E-state index contributed by atoms with van der Waals surface area (Å²) in [5.74, 6) is 0. The zero-order chi connectivity index (χ0) is 12.1. The second kappa shape index (κ2) is 5.00. The van der Waals surface area contributed by atoms with Crippen molar-refractivity contribution in [2.24, 2.45) is 0 Å². The monoisotopic (exact) mass is 211 g/mol. The first-order valence-electron chi connectivity index (χ1n) is 4.85. The van der Waals surface area contributed by atoms with E-state index in [9.17, 15) is 0 Å². The third kappa shape index (κ3) is 2.62. The summed E-state index contributed by atoms with van der Waals surface area (Å²) >= 11 is 0. The van der Waals surface area contributed by atoms with Crippen molar-refractivity contribution in [2.45, 2.75) is 6.92 Å². The van der Waals surface area contributed by atoms with Gasteiger partial charge in [-0.15, -0.1) is 0 Å². The van der Waals surface area contributed by atoms with Crippen LogP contribution < -0.4 is 4.90 Å². The van der Waals surface area contributed by atoms with Crippen LogP contribution in [0.3, 0.4) is 0 Å². The molecule has 0 heterocycles. The van der Waals surface area contributed by atoms with Crippen LogP contribution in [-0.4, -0.2) is 14.1 Å². The maximum Gasteiger partial charge on any atom is 0.262 e. The number of nitriles is 1. The lowest BCUT2D eigenvalue weighted by Crippen LogP contribution is -2.08. The molecule has 0 atom stereocenters. The molecule has 0 saturated heterocycles. The fourth-order valence-corrected chi connectivity index (χ4v) is 1.34. The van der Waals surface area contributed by atoms with Crippen LogP contribution in [0.25, 0.3) is 10.9 Å². The van der Waals surface area contributed by atoms with Crippen molar-refractivity contribution in [3.8, 4) is 6.07 Å². The molecule has 0 aliphatic carbocycles. The molecule has 3 nitrogen and oxygen atoms in total. The van der Waals surface area contributed by atoms with E-state index in [0.29, 0.717) is 0 Å². The van der Waals surface area contributed by atoms with E-state index in [1.165, 1.54) is 0 Å². The van der Waals surface area contributed by atoms with Crippen molar-refractivity contribution in [2.75, 3.05) is 19.0 Å². The first kappa shape index (κ1) is 11.8. The molecule has 0 N–H and O–H groups in total. The lowest BCUT2D eigenvalue weighted by molar-refractivity contribution is 1.13. The van der Waals surface area contributed by atoms with Gasteiger partial charge in [0.15, 0.2) is 0 Å². The van der Waals surface area contributed by atoms with Gasteiger partial charge in [-0.05, 0) is 36.3 Å². The minimum absolute atomic E-state index is 0.112. The molecule has 0 spiro atoms. The summed E-state index contributed by atoms with van der Waals surface area (Å²) in [5, 5.41) is 8.68. The van der Waals surface area contributed by atoms with Gasteiger partial charge in [-0.3, -0.25) is 0 Å². The molecule has 1 aromatic carbocycles. The van der Waals surface area contributed by atoms with Gasteiger partial charge in [-0.2, -0.15) is 0 Å². The van der Waals surface area contributed by atoms with E-state index in [1.54, 1.807) is 6.08 Å². The molecule has 1 rings (SSSR count). The lowest BCUT2D eigenvalue weighted by atomic mass is 10.1. The van der Waals surface area contributed by atoms with Crippen LogP contribution in [0.5, 0.6) is 0 Å². The van der Waals surface area contributed by atoms with Crippen molar-refractivity contribution in [3.63, 3.8) is 0 Å². The smallest absolute Gasteiger partial charge is 0.262 e. The maximum absolute atomic E-state index is 8.68. The fourth-order valence-electron chi connectivity index (χ4n) is 1.34. The van der Waals surface area contributed by atoms with Crippen LogP contribution in [0.4, 0.5) is 5.69 Å². The van der Waals surface area contributed by atoms with E-state index >= 15 is 0 Å². The standard InChI is InChI=1S/C13H13N3/c1-10-7-13(16(3)4)6-5-11(10)8-12(9-14)15-2/h5-8H,1,3-4H3/b12-8+. The van der Waals surface area contributed by atoms with Crippen LogP contribution in [0.2, 0.25) is 0 Å².